The molecule has 0 heterocycles. The van der Waals surface area contributed by atoms with Gasteiger partial charge < -0.3 is 20.6 Å². The van der Waals surface area contributed by atoms with Crippen molar-refractivity contribution in [2.75, 3.05) is 0 Å². The highest BCUT2D eigenvalue weighted by Crippen LogP contribution is 2.33. The van der Waals surface area contributed by atoms with Gasteiger partial charge in [0.25, 0.3) is 0 Å². The van der Waals surface area contributed by atoms with Crippen LogP contribution in [0.3, 0.4) is 0 Å². The number of hydrogen-bond acceptors (Lipinski definition) is 4. The summed E-state index contributed by atoms with van der Waals surface area (Å²) in [6, 6.07) is 6.76. The molecule has 0 atom stereocenters. The molecule has 2 aromatic rings. The molecule has 0 aliphatic carbocycles. The van der Waals surface area contributed by atoms with E-state index in [0.29, 0.717) is 6.54 Å². The minimum Gasteiger partial charge on any atom is -0.504 e. The highest BCUT2D eigenvalue weighted by Gasteiger charge is 2.14. The van der Waals surface area contributed by atoms with Crippen LogP contribution in [-0.4, -0.2) is 20.9 Å². The Bertz CT molecular complexity index is 630. The van der Waals surface area contributed by atoms with Crippen LogP contribution in [0.4, 0.5) is 0 Å². The summed E-state index contributed by atoms with van der Waals surface area (Å²) < 4.78 is 0. The van der Waals surface area contributed by atoms with Crippen LogP contribution < -0.4 is 5.32 Å². The van der Waals surface area contributed by atoms with Gasteiger partial charge in [-0.25, -0.2) is 0 Å². The highest BCUT2D eigenvalue weighted by molar-refractivity contribution is 5.89. The van der Waals surface area contributed by atoms with Gasteiger partial charge in [-0.2, -0.15) is 0 Å². The number of rotatable bonds is 3. The zero-order chi connectivity index (χ0) is 14.9. The molecule has 20 heavy (non-hydrogen) atoms. The van der Waals surface area contributed by atoms with Crippen molar-refractivity contribution in [1.29, 1.82) is 0 Å². The molecule has 2 aromatic carbocycles. The zero-order valence-electron chi connectivity index (χ0n) is 12.1. The molecule has 0 saturated carbocycles. The summed E-state index contributed by atoms with van der Waals surface area (Å²) in [5.74, 6) is -0.284. The Morgan fingerprint density at radius 3 is 2.30 bits per heavy atom. The first-order valence-corrected chi connectivity index (χ1v) is 6.64. The van der Waals surface area contributed by atoms with E-state index in [4.69, 9.17) is 0 Å². The van der Waals surface area contributed by atoms with E-state index in [1.807, 2.05) is 12.1 Å². The molecule has 0 aliphatic rings. The van der Waals surface area contributed by atoms with E-state index in [2.05, 4.69) is 26.1 Å². The number of aliphatic hydroxyl groups is 1. The first-order valence-electron chi connectivity index (χ1n) is 6.64. The lowest BCUT2D eigenvalue weighted by atomic mass is 9.97. The summed E-state index contributed by atoms with van der Waals surface area (Å²) in [4.78, 5) is 0. The summed E-state index contributed by atoms with van der Waals surface area (Å²) in [6.45, 7) is 6.74. The third-order valence-corrected chi connectivity index (χ3v) is 3.29. The first-order chi connectivity index (χ1) is 9.31. The predicted molar refractivity (Wildman–Crippen MR) is 79.8 cm³/mol. The van der Waals surface area contributed by atoms with Crippen LogP contribution in [0.25, 0.3) is 10.8 Å². The number of benzene rings is 2. The van der Waals surface area contributed by atoms with Gasteiger partial charge >= 0.3 is 0 Å². The zero-order valence-corrected chi connectivity index (χ0v) is 12.1. The van der Waals surface area contributed by atoms with Crippen molar-refractivity contribution in [2.24, 2.45) is 0 Å². The molecule has 0 bridgehead atoms. The normalized spacial score (nSPS) is 12.0. The Balaban J connectivity index is 2.55. The van der Waals surface area contributed by atoms with Gasteiger partial charge in [0.05, 0.1) is 6.61 Å². The van der Waals surface area contributed by atoms with Crippen LogP contribution in [0.15, 0.2) is 24.3 Å². The third kappa shape index (κ3) is 3.03. The van der Waals surface area contributed by atoms with Crippen LogP contribution >= 0.6 is 0 Å². The Morgan fingerprint density at radius 2 is 1.70 bits per heavy atom. The van der Waals surface area contributed by atoms with E-state index < -0.39 is 0 Å². The van der Waals surface area contributed by atoms with Gasteiger partial charge in [-0.15, -0.1) is 0 Å². The minimum atomic E-state index is -0.149. The second kappa shape index (κ2) is 5.31. The second-order valence-corrected chi connectivity index (χ2v) is 6.03. The second-order valence-electron chi connectivity index (χ2n) is 6.03. The molecule has 4 N–H and O–H groups in total. The summed E-state index contributed by atoms with van der Waals surface area (Å²) >= 11 is 0. The fourth-order valence-corrected chi connectivity index (χ4v) is 2.17. The van der Waals surface area contributed by atoms with Crippen molar-refractivity contribution in [3.05, 3.63) is 35.4 Å². The molecule has 0 saturated heterocycles. The first kappa shape index (κ1) is 14.6. The number of nitrogens with one attached hydrogen (secondary N) is 1. The Kier molecular flexibility index (Phi) is 3.88. The SMILES string of the molecule is CC(C)(C)NCc1c(CO)ccc2cc(O)c(O)cc12. The van der Waals surface area contributed by atoms with Crippen molar-refractivity contribution >= 4 is 10.8 Å². The Labute approximate surface area is 118 Å². The van der Waals surface area contributed by atoms with Crippen LogP contribution in [0.2, 0.25) is 0 Å². The molecular formula is C16H21NO3. The molecule has 4 nitrogen and oxygen atoms in total. The van der Waals surface area contributed by atoms with Crippen molar-refractivity contribution in [2.45, 2.75) is 39.5 Å². The molecule has 2 rings (SSSR count). The van der Waals surface area contributed by atoms with Gasteiger partial charge in [-0.1, -0.05) is 12.1 Å². The molecule has 0 aromatic heterocycles. The van der Waals surface area contributed by atoms with Crippen molar-refractivity contribution < 1.29 is 15.3 Å². The fraction of sp³-hybridized carbons (Fsp3) is 0.375. The van der Waals surface area contributed by atoms with Crippen molar-refractivity contribution in [3.8, 4) is 11.5 Å². The molecular weight excluding hydrogens is 254 g/mol. The maximum atomic E-state index is 9.70. The summed E-state index contributed by atoms with van der Waals surface area (Å²) in [7, 11) is 0. The largest absolute Gasteiger partial charge is 0.504 e. The monoisotopic (exact) mass is 275 g/mol. The highest BCUT2D eigenvalue weighted by atomic mass is 16.3. The average molecular weight is 275 g/mol. The lowest BCUT2D eigenvalue weighted by Gasteiger charge is -2.22. The van der Waals surface area contributed by atoms with Crippen LogP contribution in [0.1, 0.15) is 31.9 Å². The van der Waals surface area contributed by atoms with Gasteiger partial charge in [0, 0.05) is 12.1 Å². The number of phenolic OH excluding ortho intramolecular Hbond substituents is 2. The number of aromatic hydroxyl groups is 2. The number of phenols is 2. The summed E-state index contributed by atoms with van der Waals surface area (Å²) in [5.41, 5.74) is 1.71. The van der Waals surface area contributed by atoms with Gasteiger partial charge in [0.15, 0.2) is 11.5 Å². The Morgan fingerprint density at radius 1 is 1.05 bits per heavy atom. The topological polar surface area (TPSA) is 72.7 Å². The average Bonchev–Trinajstić information content (AvgIpc) is 2.36. The molecule has 0 amide bonds. The lowest BCUT2D eigenvalue weighted by Crippen LogP contribution is -2.35. The molecule has 0 aliphatic heterocycles. The summed E-state index contributed by atoms with van der Waals surface area (Å²) in [5, 5.41) is 33.8. The van der Waals surface area contributed by atoms with Gasteiger partial charge in [-0.05, 0) is 54.8 Å². The molecule has 108 valence electrons. The number of aliphatic hydroxyl groups excluding tert-OH is 1. The Hall–Kier alpha value is -1.78. The van der Waals surface area contributed by atoms with E-state index in [1.165, 1.54) is 6.07 Å². The quantitative estimate of drug-likeness (QED) is 0.650. The van der Waals surface area contributed by atoms with E-state index in [9.17, 15) is 15.3 Å². The molecule has 0 fully saturated rings. The molecule has 0 spiro atoms. The van der Waals surface area contributed by atoms with Gasteiger partial charge in [0.1, 0.15) is 0 Å². The van der Waals surface area contributed by atoms with Crippen LogP contribution in [-0.2, 0) is 13.2 Å². The minimum absolute atomic E-state index is 0.0478. The van der Waals surface area contributed by atoms with Crippen LogP contribution in [0.5, 0.6) is 11.5 Å². The third-order valence-electron chi connectivity index (χ3n) is 3.29. The van der Waals surface area contributed by atoms with E-state index in [-0.39, 0.29) is 23.6 Å². The molecule has 0 radical (unpaired) electrons. The number of fused-ring (bicyclic) bond motifs is 1. The summed E-state index contributed by atoms with van der Waals surface area (Å²) in [6.07, 6.45) is 0. The van der Waals surface area contributed by atoms with Crippen LogP contribution in [0, 0.1) is 0 Å². The number of hydrogen-bond donors (Lipinski definition) is 4. The smallest absolute Gasteiger partial charge is 0.158 e. The van der Waals surface area contributed by atoms with Gasteiger partial charge in [0.2, 0.25) is 0 Å². The lowest BCUT2D eigenvalue weighted by molar-refractivity contribution is 0.280. The van der Waals surface area contributed by atoms with Crippen molar-refractivity contribution in [3.63, 3.8) is 0 Å². The van der Waals surface area contributed by atoms with E-state index in [0.717, 1.165) is 21.9 Å². The maximum Gasteiger partial charge on any atom is 0.158 e. The van der Waals surface area contributed by atoms with Gasteiger partial charge in [-0.3, -0.25) is 0 Å². The van der Waals surface area contributed by atoms with Crippen molar-refractivity contribution in [1.82, 2.24) is 5.32 Å². The molecule has 0 unspecified atom stereocenters. The molecule has 4 heteroatoms. The van der Waals surface area contributed by atoms with E-state index in [1.54, 1.807) is 6.07 Å². The fourth-order valence-electron chi connectivity index (χ4n) is 2.17. The van der Waals surface area contributed by atoms with E-state index >= 15 is 0 Å². The maximum absolute atomic E-state index is 9.70. The standard InChI is InChI=1S/C16H21NO3/c1-16(2,3)17-8-13-11(9-18)5-4-10-6-14(19)15(20)7-12(10)13/h4-7,17-20H,8-9H2,1-3H3. The predicted octanol–water partition coefficient (Wildman–Crippen LogP) is 2.63.